The average molecular weight is 344 g/mol. The van der Waals surface area contributed by atoms with Gasteiger partial charge in [0, 0.05) is 28.6 Å². The zero-order valence-electron chi connectivity index (χ0n) is 10.8. The standard InChI is InChI=1S/C15H10BrN3O2/c16-9-5-12-15(18-7-9)11(3-4-17-12)19-10-1-2-13-14(6-10)21-8-20-13/h1-7H,8H2,(H,17,19). The van der Waals surface area contributed by atoms with E-state index in [1.165, 1.54) is 0 Å². The Kier molecular flexibility index (Phi) is 2.89. The van der Waals surface area contributed by atoms with Gasteiger partial charge in [-0.15, -0.1) is 0 Å². The van der Waals surface area contributed by atoms with E-state index in [1.54, 1.807) is 12.4 Å². The Labute approximate surface area is 129 Å². The highest BCUT2D eigenvalue weighted by Crippen LogP contribution is 2.35. The molecule has 0 amide bonds. The fraction of sp³-hybridized carbons (Fsp3) is 0.0667. The molecule has 0 radical (unpaired) electrons. The van der Waals surface area contributed by atoms with Gasteiger partial charge in [-0.3, -0.25) is 9.97 Å². The van der Waals surface area contributed by atoms with Crippen LogP contribution in [0.2, 0.25) is 0 Å². The van der Waals surface area contributed by atoms with Gasteiger partial charge in [0.2, 0.25) is 6.79 Å². The van der Waals surface area contributed by atoms with Crippen molar-refractivity contribution in [1.82, 2.24) is 9.97 Å². The van der Waals surface area contributed by atoms with Crippen molar-refractivity contribution in [2.75, 3.05) is 12.1 Å². The molecule has 1 N–H and O–H groups in total. The molecule has 2 aromatic heterocycles. The molecule has 3 aromatic rings. The molecule has 0 aliphatic carbocycles. The SMILES string of the molecule is Brc1cnc2c(Nc3ccc4c(c3)OCO4)ccnc2c1. The number of nitrogens with one attached hydrogen (secondary N) is 1. The summed E-state index contributed by atoms with van der Waals surface area (Å²) in [7, 11) is 0. The Hall–Kier alpha value is -2.34. The maximum atomic E-state index is 5.38. The van der Waals surface area contributed by atoms with Crippen molar-refractivity contribution < 1.29 is 9.47 Å². The molecular weight excluding hydrogens is 334 g/mol. The first-order valence-electron chi connectivity index (χ1n) is 6.36. The van der Waals surface area contributed by atoms with Gasteiger partial charge < -0.3 is 14.8 Å². The first-order valence-corrected chi connectivity index (χ1v) is 7.16. The number of nitrogens with zero attached hydrogens (tertiary/aromatic N) is 2. The molecule has 1 aromatic carbocycles. The minimum absolute atomic E-state index is 0.270. The van der Waals surface area contributed by atoms with E-state index < -0.39 is 0 Å². The Morgan fingerprint density at radius 2 is 1.95 bits per heavy atom. The molecule has 5 nitrogen and oxygen atoms in total. The molecule has 0 bridgehead atoms. The number of fused-ring (bicyclic) bond motifs is 2. The lowest BCUT2D eigenvalue weighted by molar-refractivity contribution is 0.174. The molecule has 6 heteroatoms. The van der Waals surface area contributed by atoms with Crippen molar-refractivity contribution in [2.24, 2.45) is 0 Å². The predicted molar refractivity (Wildman–Crippen MR) is 83.1 cm³/mol. The fourth-order valence-electron chi connectivity index (χ4n) is 2.24. The van der Waals surface area contributed by atoms with Crippen LogP contribution in [0, 0.1) is 0 Å². The summed E-state index contributed by atoms with van der Waals surface area (Å²) in [6.07, 6.45) is 3.51. The van der Waals surface area contributed by atoms with Crippen LogP contribution in [0.25, 0.3) is 11.0 Å². The van der Waals surface area contributed by atoms with Gasteiger partial charge in [-0.2, -0.15) is 0 Å². The molecule has 0 saturated carbocycles. The van der Waals surface area contributed by atoms with Gasteiger partial charge in [0.05, 0.1) is 11.2 Å². The molecule has 3 heterocycles. The normalized spacial score (nSPS) is 12.6. The van der Waals surface area contributed by atoms with Gasteiger partial charge >= 0.3 is 0 Å². The van der Waals surface area contributed by atoms with Gasteiger partial charge in [0.25, 0.3) is 0 Å². The largest absolute Gasteiger partial charge is 0.454 e. The maximum Gasteiger partial charge on any atom is 0.231 e. The Morgan fingerprint density at radius 3 is 2.90 bits per heavy atom. The van der Waals surface area contributed by atoms with Crippen molar-refractivity contribution in [3.8, 4) is 11.5 Å². The summed E-state index contributed by atoms with van der Waals surface area (Å²) in [4.78, 5) is 8.75. The molecule has 1 aliphatic heterocycles. The van der Waals surface area contributed by atoms with Crippen LogP contribution in [0.5, 0.6) is 11.5 Å². The Morgan fingerprint density at radius 1 is 1.05 bits per heavy atom. The minimum atomic E-state index is 0.270. The zero-order valence-corrected chi connectivity index (χ0v) is 12.4. The molecular formula is C15H10BrN3O2. The maximum absolute atomic E-state index is 5.38. The first kappa shape index (κ1) is 12.4. The number of benzene rings is 1. The molecule has 0 saturated heterocycles. The van der Waals surface area contributed by atoms with E-state index in [0.717, 1.165) is 38.4 Å². The predicted octanol–water partition coefficient (Wildman–Crippen LogP) is 3.86. The van der Waals surface area contributed by atoms with Gasteiger partial charge in [-0.25, -0.2) is 0 Å². The molecule has 0 atom stereocenters. The van der Waals surface area contributed by atoms with Crippen molar-refractivity contribution in [1.29, 1.82) is 0 Å². The average Bonchev–Trinajstić information content (AvgIpc) is 2.95. The van der Waals surface area contributed by atoms with E-state index in [-0.39, 0.29) is 6.79 Å². The third-order valence-corrected chi connectivity index (χ3v) is 3.63. The third-order valence-electron chi connectivity index (χ3n) is 3.20. The van der Waals surface area contributed by atoms with Crippen molar-refractivity contribution >= 4 is 38.3 Å². The monoisotopic (exact) mass is 343 g/mol. The summed E-state index contributed by atoms with van der Waals surface area (Å²) in [5.74, 6) is 1.51. The lowest BCUT2D eigenvalue weighted by Gasteiger charge is -2.09. The number of hydrogen-bond donors (Lipinski definition) is 1. The summed E-state index contributed by atoms with van der Waals surface area (Å²) >= 11 is 3.40. The minimum Gasteiger partial charge on any atom is -0.454 e. The Bertz CT molecular complexity index is 838. The number of pyridine rings is 2. The number of hydrogen-bond acceptors (Lipinski definition) is 5. The summed E-state index contributed by atoms with van der Waals surface area (Å²) < 4.78 is 11.6. The fourth-order valence-corrected chi connectivity index (χ4v) is 2.56. The zero-order chi connectivity index (χ0) is 14.2. The second kappa shape index (κ2) is 4.89. The van der Waals surface area contributed by atoms with Crippen LogP contribution in [0.1, 0.15) is 0 Å². The highest BCUT2D eigenvalue weighted by Gasteiger charge is 2.13. The van der Waals surface area contributed by atoms with Crippen molar-refractivity contribution in [3.05, 3.63) is 47.2 Å². The molecule has 1 aliphatic rings. The molecule has 0 fully saturated rings. The van der Waals surface area contributed by atoms with Gasteiger partial charge in [-0.05, 0) is 40.2 Å². The quantitative estimate of drug-likeness (QED) is 0.765. The summed E-state index contributed by atoms with van der Waals surface area (Å²) in [6, 6.07) is 9.57. The topological polar surface area (TPSA) is 56.3 Å². The molecule has 0 unspecified atom stereocenters. The second-order valence-corrected chi connectivity index (χ2v) is 5.49. The highest BCUT2D eigenvalue weighted by atomic mass is 79.9. The van der Waals surface area contributed by atoms with E-state index in [4.69, 9.17) is 9.47 Å². The van der Waals surface area contributed by atoms with Crippen molar-refractivity contribution in [2.45, 2.75) is 0 Å². The van der Waals surface area contributed by atoms with Crippen LogP contribution in [0.4, 0.5) is 11.4 Å². The molecule has 4 rings (SSSR count). The van der Waals surface area contributed by atoms with E-state index in [9.17, 15) is 0 Å². The van der Waals surface area contributed by atoms with Crippen LogP contribution < -0.4 is 14.8 Å². The number of aromatic nitrogens is 2. The molecule has 0 spiro atoms. The smallest absolute Gasteiger partial charge is 0.231 e. The summed E-state index contributed by atoms with van der Waals surface area (Å²) in [6.45, 7) is 0.270. The van der Waals surface area contributed by atoms with Crippen LogP contribution in [0.3, 0.4) is 0 Å². The van der Waals surface area contributed by atoms with E-state index >= 15 is 0 Å². The van der Waals surface area contributed by atoms with Crippen LogP contribution >= 0.6 is 15.9 Å². The van der Waals surface area contributed by atoms with Crippen LogP contribution in [0.15, 0.2) is 47.2 Å². The second-order valence-electron chi connectivity index (χ2n) is 4.57. The number of anilines is 2. The highest BCUT2D eigenvalue weighted by molar-refractivity contribution is 9.10. The summed E-state index contributed by atoms with van der Waals surface area (Å²) in [5.41, 5.74) is 3.45. The lowest BCUT2D eigenvalue weighted by atomic mass is 10.2. The molecule has 21 heavy (non-hydrogen) atoms. The number of halogens is 1. The van der Waals surface area contributed by atoms with Gasteiger partial charge in [-0.1, -0.05) is 0 Å². The van der Waals surface area contributed by atoms with Crippen LogP contribution in [-0.4, -0.2) is 16.8 Å². The van der Waals surface area contributed by atoms with Crippen molar-refractivity contribution in [3.63, 3.8) is 0 Å². The third kappa shape index (κ3) is 2.27. The summed E-state index contributed by atoms with van der Waals surface area (Å²) in [5, 5.41) is 3.34. The first-order chi connectivity index (χ1) is 10.3. The van der Waals surface area contributed by atoms with Gasteiger partial charge in [0.15, 0.2) is 11.5 Å². The lowest BCUT2D eigenvalue weighted by Crippen LogP contribution is -1.94. The van der Waals surface area contributed by atoms with Gasteiger partial charge in [0.1, 0.15) is 5.52 Å². The number of rotatable bonds is 2. The molecule has 104 valence electrons. The van der Waals surface area contributed by atoms with E-state index in [0.29, 0.717) is 0 Å². The van der Waals surface area contributed by atoms with Crippen LogP contribution in [-0.2, 0) is 0 Å². The van der Waals surface area contributed by atoms with E-state index in [2.05, 4.69) is 31.2 Å². The van der Waals surface area contributed by atoms with E-state index in [1.807, 2.05) is 30.3 Å². The number of ether oxygens (including phenoxy) is 2. The Balaban J connectivity index is 1.74.